The molecule has 1 aliphatic rings. The van der Waals surface area contributed by atoms with E-state index in [4.69, 9.17) is 0 Å². The number of hydrogen-bond acceptors (Lipinski definition) is 7. The minimum atomic E-state index is -1.01. The van der Waals surface area contributed by atoms with Crippen LogP contribution in [0.5, 0.6) is 0 Å². The van der Waals surface area contributed by atoms with Gasteiger partial charge < -0.3 is 19.0 Å². The quantitative estimate of drug-likeness (QED) is 0.135. The van der Waals surface area contributed by atoms with Crippen LogP contribution in [0, 0.1) is 24.0 Å². The second kappa shape index (κ2) is 9.34. The number of nitrogens with zero attached hydrogens (tertiary/aromatic N) is 6. The Morgan fingerprint density at radius 2 is 1.95 bits per heavy atom. The third-order valence-corrected chi connectivity index (χ3v) is 6.62. The number of aromatic nitrogens is 4. The number of nitro groups is 1. The molecule has 1 aromatic carbocycles. The van der Waals surface area contributed by atoms with Gasteiger partial charge >= 0.3 is 0 Å². The summed E-state index contributed by atoms with van der Waals surface area (Å²) in [7, 11) is 0. The summed E-state index contributed by atoms with van der Waals surface area (Å²) in [6, 6.07) is 8.50. The minimum Gasteiger partial charge on any atom is -0.505 e. The van der Waals surface area contributed by atoms with Crippen LogP contribution in [0.2, 0.25) is 0 Å². The molecule has 11 nitrogen and oxygen atoms in total. The van der Waals surface area contributed by atoms with Crippen molar-refractivity contribution in [1.29, 1.82) is 0 Å². The van der Waals surface area contributed by atoms with Crippen molar-refractivity contribution >= 4 is 28.8 Å². The number of fused-ring (bicyclic) bond motifs is 1. The molecule has 0 spiro atoms. The van der Waals surface area contributed by atoms with Gasteiger partial charge in [-0.05, 0) is 37.5 Å². The molecule has 1 unspecified atom stereocenters. The first-order valence-corrected chi connectivity index (χ1v) is 11.7. The number of aryl methyl sites for hydroxylation is 3. The highest BCUT2D eigenvalue weighted by molar-refractivity contribution is 6.46. The number of nitro benzene ring substituents is 1. The van der Waals surface area contributed by atoms with E-state index in [-0.39, 0.29) is 23.5 Å². The number of carbonyl (C=O) groups is 2. The number of aliphatic hydroxyl groups excluding tert-OH is 1. The van der Waals surface area contributed by atoms with Crippen LogP contribution >= 0.6 is 0 Å². The van der Waals surface area contributed by atoms with E-state index in [2.05, 4.69) is 9.97 Å². The van der Waals surface area contributed by atoms with E-state index >= 15 is 0 Å². The maximum absolute atomic E-state index is 13.3. The molecule has 188 valence electrons. The van der Waals surface area contributed by atoms with Gasteiger partial charge in [0.05, 0.1) is 28.6 Å². The molecule has 0 bridgehead atoms. The number of Topliss-reactive ketones (excluding diaryl/α,β-unsaturated/α-hetero) is 1. The lowest BCUT2D eigenvalue weighted by Crippen LogP contribution is -2.31. The van der Waals surface area contributed by atoms with Crippen molar-refractivity contribution in [2.24, 2.45) is 0 Å². The molecular weight excluding hydrogens is 476 g/mol. The van der Waals surface area contributed by atoms with Crippen molar-refractivity contribution in [2.75, 3.05) is 6.54 Å². The third kappa shape index (κ3) is 4.14. The molecule has 4 aromatic rings. The monoisotopic (exact) mass is 500 g/mol. The average molecular weight is 501 g/mol. The topological polar surface area (TPSA) is 136 Å². The molecule has 3 aromatic heterocycles. The Hall–Kier alpha value is -4.80. The summed E-state index contributed by atoms with van der Waals surface area (Å²) < 4.78 is 3.65. The fourth-order valence-corrected chi connectivity index (χ4v) is 4.78. The second-order valence-electron chi connectivity index (χ2n) is 8.93. The summed E-state index contributed by atoms with van der Waals surface area (Å²) in [5.41, 5.74) is 2.30. The number of ketones is 1. The van der Waals surface area contributed by atoms with E-state index in [1.54, 1.807) is 42.3 Å². The number of rotatable bonds is 7. The molecule has 1 fully saturated rings. The highest BCUT2D eigenvalue weighted by atomic mass is 16.6. The Morgan fingerprint density at radius 3 is 2.65 bits per heavy atom. The van der Waals surface area contributed by atoms with Crippen LogP contribution in [0.25, 0.3) is 11.4 Å². The number of benzene rings is 1. The summed E-state index contributed by atoms with van der Waals surface area (Å²) in [5, 5.41) is 22.9. The standard InChI is InChI=1S/C26H24N6O5/c1-16-6-4-11-30-17(2)21(28-25(16)30)23(33)20-22(18-7-3-8-19(14-18)32(36)37)31(26(35)24(20)34)12-5-10-29-13-9-27-15-29/h3-4,6-9,11,13-15,22,33H,5,10,12H2,1-2H3/b23-20+. The summed E-state index contributed by atoms with van der Waals surface area (Å²) >= 11 is 0. The van der Waals surface area contributed by atoms with Gasteiger partial charge in [-0.1, -0.05) is 18.2 Å². The fraction of sp³-hybridized carbons (Fsp3) is 0.231. The van der Waals surface area contributed by atoms with Gasteiger partial charge in [-0.25, -0.2) is 9.97 Å². The number of non-ortho nitro benzene ring substituents is 1. The molecule has 1 atom stereocenters. The van der Waals surface area contributed by atoms with Gasteiger partial charge in [-0.3, -0.25) is 19.7 Å². The molecule has 1 amide bonds. The van der Waals surface area contributed by atoms with Gasteiger partial charge in [0.15, 0.2) is 5.76 Å². The first kappa shape index (κ1) is 23.9. The summed E-state index contributed by atoms with van der Waals surface area (Å²) in [5.74, 6) is -2.04. The van der Waals surface area contributed by atoms with Crippen LogP contribution in [0.3, 0.4) is 0 Å². The summed E-state index contributed by atoms with van der Waals surface area (Å²) in [6.07, 6.45) is 7.39. The number of carbonyl (C=O) groups excluding carboxylic acids is 2. The largest absolute Gasteiger partial charge is 0.505 e. The van der Waals surface area contributed by atoms with E-state index < -0.39 is 28.4 Å². The van der Waals surface area contributed by atoms with E-state index in [1.165, 1.54) is 23.1 Å². The molecule has 0 aliphatic carbocycles. The zero-order valence-corrected chi connectivity index (χ0v) is 20.2. The van der Waals surface area contributed by atoms with Crippen molar-refractivity contribution in [1.82, 2.24) is 23.8 Å². The Kier molecular flexibility index (Phi) is 6.04. The first-order chi connectivity index (χ1) is 17.8. The van der Waals surface area contributed by atoms with Crippen molar-refractivity contribution in [2.45, 2.75) is 32.9 Å². The van der Waals surface area contributed by atoms with Crippen LogP contribution in [-0.4, -0.2) is 52.1 Å². The number of aliphatic hydroxyl groups is 1. The fourth-order valence-electron chi connectivity index (χ4n) is 4.78. The van der Waals surface area contributed by atoms with E-state index in [1.807, 2.05) is 23.6 Å². The highest BCUT2D eigenvalue weighted by Gasteiger charge is 2.46. The molecule has 11 heteroatoms. The Labute approximate surface area is 211 Å². The molecule has 37 heavy (non-hydrogen) atoms. The SMILES string of the molecule is Cc1cccn2c(C)c(/C(O)=C3\C(=O)C(=O)N(CCCn4ccnc4)C3c3cccc([N+](=O)[O-])c3)nc12. The lowest BCUT2D eigenvalue weighted by atomic mass is 9.96. The molecule has 1 N–H and O–H groups in total. The summed E-state index contributed by atoms with van der Waals surface area (Å²) in [6.45, 7) is 4.39. The van der Waals surface area contributed by atoms with Gasteiger partial charge in [0, 0.05) is 43.8 Å². The van der Waals surface area contributed by atoms with E-state index in [0.717, 1.165) is 5.56 Å². The lowest BCUT2D eigenvalue weighted by Gasteiger charge is -2.25. The van der Waals surface area contributed by atoms with Gasteiger partial charge in [0.1, 0.15) is 11.3 Å². The lowest BCUT2D eigenvalue weighted by molar-refractivity contribution is -0.384. The van der Waals surface area contributed by atoms with E-state index in [9.17, 15) is 24.8 Å². The predicted octanol–water partition coefficient (Wildman–Crippen LogP) is 3.57. The number of pyridine rings is 1. The second-order valence-corrected chi connectivity index (χ2v) is 8.93. The normalized spacial score (nSPS) is 17.1. The van der Waals surface area contributed by atoms with Crippen LogP contribution in [-0.2, 0) is 16.1 Å². The van der Waals surface area contributed by atoms with Crippen molar-refractivity contribution in [3.8, 4) is 0 Å². The first-order valence-electron chi connectivity index (χ1n) is 11.7. The highest BCUT2D eigenvalue weighted by Crippen LogP contribution is 2.40. The number of imidazole rings is 2. The maximum Gasteiger partial charge on any atom is 0.295 e. The zero-order chi connectivity index (χ0) is 26.3. The Balaban J connectivity index is 1.63. The number of likely N-dealkylation sites (tertiary alicyclic amines) is 1. The molecular formula is C26H24N6O5. The maximum atomic E-state index is 13.3. The molecule has 1 saturated heterocycles. The number of hydrogen-bond donors (Lipinski definition) is 1. The smallest absolute Gasteiger partial charge is 0.295 e. The van der Waals surface area contributed by atoms with Gasteiger partial charge in [0.2, 0.25) is 0 Å². The average Bonchev–Trinajstić information content (AvgIpc) is 3.58. The van der Waals surface area contributed by atoms with Crippen LogP contribution in [0.15, 0.2) is 66.9 Å². The summed E-state index contributed by atoms with van der Waals surface area (Å²) in [4.78, 5) is 47.4. The van der Waals surface area contributed by atoms with E-state index in [0.29, 0.717) is 29.9 Å². The molecule has 0 radical (unpaired) electrons. The number of amides is 1. The van der Waals surface area contributed by atoms with Gasteiger partial charge in [-0.2, -0.15) is 0 Å². The van der Waals surface area contributed by atoms with Crippen molar-refractivity contribution < 1.29 is 19.6 Å². The van der Waals surface area contributed by atoms with Crippen molar-refractivity contribution in [3.63, 3.8) is 0 Å². The van der Waals surface area contributed by atoms with Gasteiger partial charge in [-0.15, -0.1) is 0 Å². The molecule has 1 aliphatic heterocycles. The minimum absolute atomic E-state index is 0.141. The van der Waals surface area contributed by atoms with Crippen LogP contribution in [0.1, 0.15) is 35.0 Å². The van der Waals surface area contributed by atoms with Crippen LogP contribution in [0.4, 0.5) is 5.69 Å². The molecule has 0 saturated carbocycles. The third-order valence-electron chi connectivity index (χ3n) is 6.62. The van der Waals surface area contributed by atoms with Crippen molar-refractivity contribution in [3.05, 3.63) is 99.5 Å². The van der Waals surface area contributed by atoms with Gasteiger partial charge in [0.25, 0.3) is 17.4 Å². The Bertz CT molecular complexity index is 1570. The molecule has 4 heterocycles. The zero-order valence-electron chi connectivity index (χ0n) is 20.2. The molecule has 5 rings (SSSR count). The Morgan fingerprint density at radius 1 is 1.14 bits per heavy atom. The predicted molar refractivity (Wildman–Crippen MR) is 134 cm³/mol. The van der Waals surface area contributed by atoms with Crippen LogP contribution < -0.4 is 0 Å².